The molecule has 0 aromatic heterocycles. The number of rotatable bonds is 8. The number of nitrogens with zero attached hydrogens (tertiary/aromatic N) is 1. The lowest BCUT2D eigenvalue weighted by Crippen LogP contribution is -2.46. The van der Waals surface area contributed by atoms with Crippen LogP contribution in [0.4, 0.5) is 0 Å². The Bertz CT molecular complexity index is 1020. The summed E-state index contributed by atoms with van der Waals surface area (Å²) >= 11 is 6.17. The first-order chi connectivity index (χ1) is 14.8. The van der Waals surface area contributed by atoms with E-state index in [0.29, 0.717) is 12.3 Å². The Kier molecular flexibility index (Phi) is 7.97. The van der Waals surface area contributed by atoms with Gasteiger partial charge >= 0.3 is 0 Å². The number of ether oxygens (including phenoxy) is 1. The molecule has 0 unspecified atom stereocenters. The van der Waals surface area contributed by atoms with Gasteiger partial charge in [-0.15, -0.1) is 0 Å². The first-order valence-electron chi connectivity index (χ1n) is 10.5. The highest BCUT2D eigenvalue weighted by atomic mass is 35.5. The quantitative estimate of drug-likeness (QED) is 0.632. The molecule has 1 saturated carbocycles. The molecule has 1 N–H and O–H groups in total. The molecule has 6 nitrogen and oxygen atoms in total. The van der Waals surface area contributed by atoms with Crippen molar-refractivity contribution in [2.24, 2.45) is 0 Å². The van der Waals surface area contributed by atoms with Gasteiger partial charge in [0.2, 0.25) is 15.9 Å². The third kappa shape index (κ3) is 5.99. The van der Waals surface area contributed by atoms with Crippen LogP contribution in [-0.4, -0.2) is 38.3 Å². The molecule has 2 aromatic rings. The van der Waals surface area contributed by atoms with Crippen LogP contribution in [0.5, 0.6) is 5.75 Å². The fourth-order valence-corrected chi connectivity index (χ4v) is 5.93. The summed E-state index contributed by atoms with van der Waals surface area (Å²) in [6.45, 7) is 2.12. The Hall–Kier alpha value is -2.09. The van der Waals surface area contributed by atoms with Crippen molar-refractivity contribution in [1.82, 2.24) is 9.62 Å². The molecule has 1 aliphatic carbocycles. The molecule has 8 heteroatoms. The van der Waals surface area contributed by atoms with Crippen LogP contribution in [0.3, 0.4) is 0 Å². The second-order valence-electron chi connectivity index (χ2n) is 7.90. The van der Waals surface area contributed by atoms with Crippen LogP contribution >= 0.6 is 11.6 Å². The predicted octanol–water partition coefficient (Wildman–Crippen LogP) is 4.30. The number of halogens is 1. The number of hydrogen-bond acceptors (Lipinski definition) is 4. The molecule has 0 spiro atoms. The molecule has 31 heavy (non-hydrogen) atoms. The van der Waals surface area contributed by atoms with Crippen LogP contribution in [0.1, 0.15) is 43.2 Å². The van der Waals surface area contributed by atoms with Gasteiger partial charge in [0.05, 0.1) is 23.6 Å². The summed E-state index contributed by atoms with van der Waals surface area (Å²) < 4.78 is 33.4. The van der Waals surface area contributed by atoms with Crippen molar-refractivity contribution in [1.29, 1.82) is 0 Å². The minimum Gasteiger partial charge on any atom is -0.495 e. The van der Waals surface area contributed by atoms with Gasteiger partial charge in [0.1, 0.15) is 5.75 Å². The van der Waals surface area contributed by atoms with E-state index < -0.39 is 10.0 Å². The SMILES string of the molecule is COc1ccc(S(=O)(=O)N(CC(=O)NCc2cccc(C)c2)C2CCCCC2)cc1Cl. The summed E-state index contributed by atoms with van der Waals surface area (Å²) in [6, 6.07) is 12.0. The van der Waals surface area contributed by atoms with E-state index in [1.54, 1.807) is 0 Å². The Morgan fingerprint density at radius 2 is 1.90 bits per heavy atom. The standard InChI is InChI=1S/C23H29ClN2O4S/c1-17-7-6-8-18(13-17)15-25-23(27)16-26(19-9-4-3-5-10-19)31(28,29)20-11-12-22(30-2)21(24)14-20/h6-8,11-14,19H,3-5,9-10,15-16H2,1-2H3,(H,25,27). The molecule has 1 fully saturated rings. The summed E-state index contributed by atoms with van der Waals surface area (Å²) in [6.07, 6.45) is 4.47. The van der Waals surface area contributed by atoms with E-state index in [4.69, 9.17) is 16.3 Å². The van der Waals surface area contributed by atoms with Gasteiger partial charge in [0.15, 0.2) is 0 Å². The van der Waals surface area contributed by atoms with Crippen LogP contribution < -0.4 is 10.1 Å². The summed E-state index contributed by atoms with van der Waals surface area (Å²) in [4.78, 5) is 12.8. The number of carbonyl (C=O) groups excluding carboxylic acids is 1. The van der Waals surface area contributed by atoms with Gasteiger partial charge in [0.25, 0.3) is 0 Å². The summed E-state index contributed by atoms with van der Waals surface area (Å²) in [5.74, 6) is 0.0796. The molecule has 2 aromatic carbocycles. The minimum atomic E-state index is -3.90. The lowest BCUT2D eigenvalue weighted by atomic mass is 9.95. The Morgan fingerprint density at radius 3 is 2.55 bits per heavy atom. The topological polar surface area (TPSA) is 75.7 Å². The van der Waals surface area contributed by atoms with Crippen molar-refractivity contribution in [3.05, 3.63) is 58.6 Å². The maximum Gasteiger partial charge on any atom is 0.243 e. The Morgan fingerprint density at radius 1 is 1.16 bits per heavy atom. The minimum absolute atomic E-state index is 0.0651. The molecular weight excluding hydrogens is 436 g/mol. The molecule has 3 rings (SSSR count). The second kappa shape index (κ2) is 10.5. The van der Waals surface area contributed by atoms with E-state index in [1.807, 2.05) is 31.2 Å². The molecule has 0 atom stereocenters. The van der Waals surface area contributed by atoms with Crippen molar-refractivity contribution < 1.29 is 17.9 Å². The van der Waals surface area contributed by atoms with Crippen LogP contribution in [-0.2, 0) is 21.4 Å². The zero-order valence-electron chi connectivity index (χ0n) is 17.9. The fraction of sp³-hybridized carbons (Fsp3) is 0.435. The molecule has 0 aliphatic heterocycles. The lowest BCUT2D eigenvalue weighted by molar-refractivity contribution is -0.121. The lowest BCUT2D eigenvalue weighted by Gasteiger charge is -2.33. The van der Waals surface area contributed by atoms with Crippen molar-refractivity contribution in [3.63, 3.8) is 0 Å². The van der Waals surface area contributed by atoms with E-state index in [2.05, 4.69) is 5.32 Å². The van der Waals surface area contributed by atoms with E-state index in [-0.39, 0.29) is 28.4 Å². The average Bonchev–Trinajstić information content (AvgIpc) is 2.76. The van der Waals surface area contributed by atoms with Crippen LogP contribution in [0.15, 0.2) is 47.4 Å². The highest BCUT2D eigenvalue weighted by Crippen LogP contribution is 2.31. The molecule has 0 saturated heterocycles. The number of aryl methyl sites for hydroxylation is 1. The van der Waals surface area contributed by atoms with Gasteiger partial charge in [-0.25, -0.2) is 8.42 Å². The van der Waals surface area contributed by atoms with Gasteiger partial charge in [-0.05, 0) is 43.5 Å². The van der Waals surface area contributed by atoms with Gasteiger partial charge in [0, 0.05) is 12.6 Å². The van der Waals surface area contributed by atoms with E-state index in [0.717, 1.165) is 43.2 Å². The van der Waals surface area contributed by atoms with Crippen LogP contribution in [0.2, 0.25) is 5.02 Å². The van der Waals surface area contributed by atoms with Gasteiger partial charge in [-0.2, -0.15) is 4.31 Å². The maximum absolute atomic E-state index is 13.5. The van der Waals surface area contributed by atoms with Crippen LogP contribution in [0, 0.1) is 6.92 Å². The number of carbonyl (C=O) groups is 1. The molecule has 1 aliphatic rings. The number of hydrogen-bond donors (Lipinski definition) is 1. The normalized spacial score (nSPS) is 15.1. The van der Waals surface area contributed by atoms with E-state index in [1.165, 1.54) is 29.6 Å². The third-order valence-corrected chi connectivity index (χ3v) is 7.77. The second-order valence-corrected chi connectivity index (χ2v) is 10.2. The molecular formula is C23H29ClN2O4S. The van der Waals surface area contributed by atoms with Crippen LogP contribution in [0.25, 0.3) is 0 Å². The summed E-state index contributed by atoms with van der Waals surface area (Å²) in [5.41, 5.74) is 2.08. The van der Waals surface area contributed by atoms with Gasteiger partial charge in [-0.1, -0.05) is 60.7 Å². The average molecular weight is 465 g/mol. The van der Waals surface area contributed by atoms with Crippen molar-refractivity contribution in [2.45, 2.75) is 56.5 Å². The van der Waals surface area contributed by atoms with E-state index in [9.17, 15) is 13.2 Å². The highest BCUT2D eigenvalue weighted by molar-refractivity contribution is 7.89. The Balaban J connectivity index is 1.80. The molecule has 0 bridgehead atoms. The predicted molar refractivity (Wildman–Crippen MR) is 122 cm³/mol. The smallest absolute Gasteiger partial charge is 0.243 e. The van der Waals surface area contributed by atoms with Gasteiger partial charge < -0.3 is 10.1 Å². The largest absolute Gasteiger partial charge is 0.495 e. The first kappa shape index (κ1) is 23.6. The molecule has 168 valence electrons. The summed E-state index contributed by atoms with van der Waals surface area (Å²) in [5, 5.41) is 3.08. The fourth-order valence-electron chi connectivity index (χ4n) is 3.94. The third-order valence-electron chi connectivity index (χ3n) is 5.58. The zero-order chi connectivity index (χ0) is 22.4. The maximum atomic E-state index is 13.5. The number of benzene rings is 2. The zero-order valence-corrected chi connectivity index (χ0v) is 19.5. The molecule has 0 heterocycles. The molecule has 1 amide bonds. The van der Waals surface area contributed by atoms with Crippen molar-refractivity contribution >= 4 is 27.5 Å². The monoisotopic (exact) mass is 464 g/mol. The van der Waals surface area contributed by atoms with Crippen molar-refractivity contribution in [2.75, 3.05) is 13.7 Å². The number of methoxy groups -OCH3 is 1. The van der Waals surface area contributed by atoms with Gasteiger partial charge in [-0.3, -0.25) is 4.79 Å². The first-order valence-corrected chi connectivity index (χ1v) is 12.3. The number of nitrogens with one attached hydrogen (secondary N) is 1. The summed E-state index contributed by atoms with van der Waals surface area (Å²) in [7, 11) is -2.43. The van der Waals surface area contributed by atoms with E-state index >= 15 is 0 Å². The molecule has 0 radical (unpaired) electrons. The number of sulfonamides is 1. The van der Waals surface area contributed by atoms with Crippen molar-refractivity contribution in [3.8, 4) is 5.75 Å². The highest BCUT2D eigenvalue weighted by Gasteiger charge is 2.34. The number of amides is 1. The Labute approximate surface area is 189 Å².